The van der Waals surface area contributed by atoms with Crippen LogP contribution in [0.5, 0.6) is 0 Å². The summed E-state index contributed by atoms with van der Waals surface area (Å²) in [6, 6.07) is 19.8. The maximum absolute atomic E-state index is 11.8. The van der Waals surface area contributed by atoms with Gasteiger partial charge in [-0.2, -0.15) is 12.7 Å². The molecule has 0 unspecified atom stereocenters. The zero-order chi connectivity index (χ0) is 25.9. The average Bonchev–Trinajstić information content (AvgIpc) is 2.87. The zero-order valence-electron chi connectivity index (χ0n) is 20.5. The number of benzene rings is 2. The molecule has 3 N–H and O–H groups in total. The van der Waals surface area contributed by atoms with Crippen molar-refractivity contribution in [2.75, 3.05) is 13.1 Å². The number of rotatable bonds is 7. The number of piperidine rings is 1. The standard InChI is InChI=1S/C27H32N4O4S/c1-19-5-3-4-6-24(19)25(17-26(29-33)23-11-12-27(32)30(2)18-23)22-9-7-20(8-10-22)21-13-15-31(16-14-21)36(28,34)35/h3-12,18,21,25,33H,13-17H2,1-2H3,(H2,28,34,35)/b29-26+/t25-/m1/s1. The molecule has 0 amide bonds. The van der Waals surface area contributed by atoms with Gasteiger partial charge in [-0.3, -0.25) is 4.79 Å². The third kappa shape index (κ3) is 5.75. The Morgan fingerprint density at radius 2 is 1.75 bits per heavy atom. The van der Waals surface area contributed by atoms with Crippen molar-refractivity contribution < 1.29 is 13.6 Å². The molecule has 36 heavy (non-hydrogen) atoms. The summed E-state index contributed by atoms with van der Waals surface area (Å²) >= 11 is 0. The van der Waals surface area contributed by atoms with E-state index in [1.54, 1.807) is 19.3 Å². The fourth-order valence-corrected chi connectivity index (χ4v) is 5.72. The molecular weight excluding hydrogens is 476 g/mol. The Morgan fingerprint density at radius 1 is 1.08 bits per heavy atom. The first-order chi connectivity index (χ1) is 17.2. The predicted molar refractivity (Wildman–Crippen MR) is 141 cm³/mol. The van der Waals surface area contributed by atoms with Gasteiger partial charge in [0.2, 0.25) is 5.56 Å². The summed E-state index contributed by atoms with van der Waals surface area (Å²) in [5, 5.41) is 18.8. The van der Waals surface area contributed by atoms with Crippen LogP contribution in [-0.2, 0) is 17.3 Å². The van der Waals surface area contributed by atoms with Crippen molar-refractivity contribution in [3.63, 3.8) is 0 Å². The van der Waals surface area contributed by atoms with Crippen LogP contribution in [0, 0.1) is 6.92 Å². The third-order valence-corrected chi connectivity index (χ3v) is 8.21. The van der Waals surface area contributed by atoms with E-state index in [0.717, 1.165) is 29.5 Å². The summed E-state index contributed by atoms with van der Waals surface area (Å²) in [5.41, 5.74) is 5.59. The molecule has 1 aliphatic heterocycles. The van der Waals surface area contributed by atoms with E-state index >= 15 is 0 Å². The topological polar surface area (TPSA) is 118 Å². The highest BCUT2D eigenvalue weighted by molar-refractivity contribution is 7.86. The fourth-order valence-electron chi connectivity index (χ4n) is 5.00. The smallest absolute Gasteiger partial charge is 0.276 e. The lowest BCUT2D eigenvalue weighted by atomic mass is 9.82. The van der Waals surface area contributed by atoms with E-state index in [0.29, 0.717) is 30.8 Å². The molecule has 8 nitrogen and oxygen atoms in total. The summed E-state index contributed by atoms with van der Waals surface area (Å²) < 4.78 is 26.0. The highest BCUT2D eigenvalue weighted by Gasteiger charge is 2.27. The monoisotopic (exact) mass is 508 g/mol. The maximum atomic E-state index is 11.8. The van der Waals surface area contributed by atoms with Crippen LogP contribution in [0.3, 0.4) is 0 Å². The predicted octanol–water partition coefficient (Wildman–Crippen LogP) is 3.48. The van der Waals surface area contributed by atoms with E-state index in [1.165, 1.54) is 20.5 Å². The molecule has 190 valence electrons. The second-order valence-electron chi connectivity index (χ2n) is 9.41. The molecule has 4 rings (SSSR count). The van der Waals surface area contributed by atoms with Gasteiger partial charge in [-0.05, 0) is 54.0 Å². The number of aromatic nitrogens is 1. The zero-order valence-corrected chi connectivity index (χ0v) is 21.4. The van der Waals surface area contributed by atoms with Crippen LogP contribution >= 0.6 is 0 Å². The fraction of sp³-hybridized carbons (Fsp3) is 0.333. The Hall–Kier alpha value is -3.27. The number of oxime groups is 1. The van der Waals surface area contributed by atoms with Gasteiger partial charge in [0.25, 0.3) is 10.2 Å². The van der Waals surface area contributed by atoms with E-state index in [4.69, 9.17) is 5.14 Å². The molecule has 0 spiro atoms. The second kappa shape index (κ2) is 10.8. The summed E-state index contributed by atoms with van der Waals surface area (Å²) in [5.74, 6) is 0.210. The first-order valence-corrected chi connectivity index (χ1v) is 13.5. The van der Waals surface area contributed by atoms with Crippen LogP contribution in [0.25, 0.3) is 0 Å². The van der Waals surface area contributed by atoms with Crippen LogP contribution in [0.1, 0.15) is 58.9 Å². The largest absolute Gasteiger partial charge is 0.411 e. The number of hydrogen-bond acceptors (Lipinski definition) is 5. The highest BCUT2D eigenvalue weighted by atomic mass is 32.2. The molecule has 1 saturated heterocycles. The van der Waals surface area contributed by atoms with Crippen molar-refractivity contribution in [3.8, 4) is 0 Å². The Kier molecular flexibility index (Phi) is 7.73. The van der Waals surface area contributed by atoms with Crippen molar-refractivity contribution in [1.29, 1.82) is 0 Å². The van der Waals surface area contributed by atoms with Crippen LogP contribution in [-0.4, -0.2) is 41.3 Å². The molecule has 2 aromatic carbocycles. The van der Waals surface area contributed by atoms with Gasteiger partial charge >= 0.3 is 0 Å². The average molecular weight is 509 g/mol. The van der Waals surface area contributed by atoms with Gasteiger partial charge in [-0.1, -0.05) is 53.7 Å². The molecule has 2 heterocycles. The molecule has 9 heteroatoms. The summed E-state index contributed by atoms with van der Waals surface area (Å²) in [6.45, 7) is 2.91. The third-order valence-electron chi connectivity index (χ3n) is 7.13. The molecule has 3 aromatic rings. The number of aryl methyl sites for hydroxylation is 2. The summed E-state index contributed by atoms with van der Waals surface area (Å²) in [6.07, 6.45) is 3.59. The van der Waals surface area contributed by atoms with Crippen molar-refractivity contribution >= 4 is 15.9 Å². The van der Waals surface area contributed by atoms with Gasteiger partial charge in [0, 0.05) is 50.3 Å². The minimum Gasteiger partial charge on any atom is -0.411 e. The molecule has 0 saturated carbocycles. The lowest BCUT2D eigenvalue weighted by Gasteiger charge is -2.30. The van der Waals surface area contributed by atoms with Crippen LogP contribution in [0.2, 0.25) is 0 Å². The number of nitrogens with two attached hydrogens (primary N) is 1. The molecule has 1 fully saturated rings. The van der Waals surface area contributed by atoms with Crippen LogP contribution in [0.4, 0.5) is 0 Å². The van der Waals surface area contributed by atoms with E-state index in [1.807, 2.05) is 12.1 Å². The Morgan fingerprint density at radius 3 is 2.33 bits per heavy atom. The molecule has 0 aliphatic carbocycles. The molecule has 1 aromatic heterocycles. The molecule has 0 radical (unpaired) electrons. The lowest BCUT2D eigenvalue weighted by Crippen LogP contribution is -2.41. The molecule has 1 aliphatic rings. The first kappa shape index (κ1) is 25.8. The normalized spacial score (nSPS) is 16.7. The van der Waals surface area contributed by atoms with Gasteiger partial charge in [-0.25, -0.2) is 5.14 Å². The van der Waals surface area contributed by atoms with Gasteiger partial charge in [-0.15, -0.1) is 0 Å². The second-order valence-corrected chi connectivity index (χ2v) is 11.0. The van der Waals surface area contributed by atoms with Crippen molar-refractivity contribution in [1.82, 2.24) is 8.87 Å². The lowest BCUT2D eigenvalue weighted by molar-refractivity contribution is 0.317. The molecule has 0 bridgehead atoms. The van der Waals surface area contributed by atoms with Gasteiger partial charge in [0.15, 0.2) is 0 Å². The van der Waals surface area contributed by atoms with Gasteiger partial charge < -0.3 is 9.77 Å². The van der Waals surface area contributed by atoms with Gasteiger partial charge in [0.1, 0.15) is 0 Å². The van der Waals surface area contributed by atoms with Gasteiger partial charge in [0.05, 0.1) is 5.71 Å². The SMILES string of the molecule is Cc1ccccc1[C@H](C/C(=N\O)c1ccc(=O)n(C)c1)c1ccc(C2CCN(S(N)(=O)=O)CC2)cc1. The van der Waals surface area contributed by atoms with E-state index in [9.17, 15) is 18.4 Å². The Labute approximate surface area is 211 Å². The van der Waals surface area contributed by atoms with Crippen molar-refractivity contribution in [3.05, 3.63) is 105 Å². The minimum absolute atomic E-state index is 0.0624. The Bertz CT molecular complexity index is 1410. The van der Waals surface area contributed by atoms with E-state index in [2.05, 4.69) is 48.5 Å². The van der Waals surface area contributed by atoms with Crippen molar-refractivity contribution in [2.24, 2.45) is 17.3 Å². The highest BCUT2D eigenvalue weighted by Crippen LogP contribution is 2.34. The number of nitrogens with zero attached hydrogens (tertiary/aromatic N) is 3. The number of pyridine rings is 1. The van der Waals surface area contributed by atoms with Crippen molar-refractivity contribution in [2.45, 2.75) is 38.0 Å². The minimum atomic E-state index is -3.64. The number of hydrogen-bond donors (Lipinski definition) is 2. The van der Waals surface area contributed by atoms with E-state index in [-0.39, 0.29) is 17.4 Å². The summed E-state index contributed by atoms with van der Waals surface area (Å²) in [4.78, 5) is 11.8. The van der Waals surface area contributed by atoms with Crippen LogP contribution < -0.4 is 10.7 Å². The summed E-state index contributed by atoms with van der Waals surface area (Å²) in [7, 11) is -1.97. The van der Waals surface area contributed by atoms with E-state index < -0.39 is 10.2 Å². The molecule has 1 atom stereocenters. The maximum Gasteiger partial charge on any atom is 0.276 e. The quantitative estimate of drug-likeness (QED) is 0.289. The molecular formula is C27H32N4O4S. The Balaban J connectivity index is 1.62. The van der Waals surface area contributed by atoms with Crippen LogP contribution in [0.15, 0.2) is 76.8 Å². The first-order valence-electron chi connectivity index (χ1n) is 12.0.